The number of ether oxygens (including phenoxy) is 4. The number of aliphatic hydroxyl groups is 2. The topological polar surface area (TPSA) is 230 Å². The van der Waals surface area contributed by atoms with E-state index >= 15 is 0 Å². The first kappa shape index (κ1) is 41.8. The number of methoxy groups -OCH3 is 1. The predicted molar refractivity (Wildman–Crippen MR) is 207 cm³/mol. The maximum Gasteiger partial charge on any atom is 0.312 e. The van der Waals surface area contributed by atoms with E-state index in [4.69, 9.17) is 18.9 Å². The molecule has 0 radical (unpaired) electrons. The maximum absolute atomic E-state index is 14.4. The van der Waals surface area contributed by atoms with Crippen LogP contribution in [0.4, 0.5) is 11.4 Å². The van der Waals surface area contributed by atoms with Crippen LogP contribution in [0.5, 0.6) is 17.2 Å². The van der Waals surface area contributed by atoms with E-state index in [-0.39, 0.29) is 50.6 Å². The van der Waals surface area contributed by atoms with Crippen LogP contribution in [-0.4, -0.2) is 94.4 Å². The molecule has 6 N–H and O–H groups in total. The lowest BCUT2D eigenvalue weighted by Gasteiger charge is -2.38. The number of amides is 1. The summed E-state index contributed by atoms with van der Waals surface area (Å²) in [6, 6.07) is 1.32. The number of phenols is 2. The highest BCUT2D eigenvalue weighted by Crippen LogP contribution is 2.54. The van der Waals surface area contributed by atoms with E-state index in [1.54, 1.807) is 46.8 Å². The van der Waals surface area contributed by atoms with Crippen LogP contribution >= 0.6 is 0 Å². The van der Waals surface area contributed by atoms with Crippen molar-refractivity contribution in [3.8, 4) is 17.2 Å². The van der Waals surface area contributed by atoms with E-state index in [1.807, 2.05) is 0 Å². The largest absolute Gasteiger partial charge is 0.507 e. The molecule has 0 saturated carbocycles. The molecule has 16 nitrogen and oxygen atoms in total. The van der Waals surface area contributed by atoms with Gasteiger partial charge in [0.05, 0.1) is 53.4 Å². The molecule has 1 amide bonds. The van der Waals surface area contributed by atoms with Crippen molar-refractivity contribution in [3.63, 3.8) is 0 Å². The minimum Gasteiger partial charge on any atom is -0.507 e. The van der Waals surface area contributed by atoms with E-state index < -0.39 is 83.0 Å². The first-order valence-corrected chi connectivity index (χ1v) is 18.5. The molecule has 4 aliphatic heterocycles. The Hall–Kier alpha value is -5.32. The van der Waals surface area contributed by atoms with Gasteiger partial charge in [0.1, 0.15) is 17.6 Å². The number of Topliss-reactive ketones (excluding diaryl/α,β-unsaturated/α-hetero) is 1. The molecule has 2 aromatic carbocycles. The summed E-state index contributed by atoms with van der Waals surface area (Å²) < 4.78 is 23.6. The highest BCUT2D eigenvalue weighted by atomic mass is 16.7. The molecule has 0 aliphatic carbocycles. The van der Waals surface area contributed by atoms with Gasteiger partial charge in [-0.05, 0) is 26.0 Å². The minimum atomic E-state index is -1.98. The number of anilines is 1. The van der Waals surface area contributed by atoms with Crippen molar-refractivity contribution in [2.24, 2.45) is 38.9 Å². The average molecular weight is 778 g/mol. The minimum absolute atomic E-state index is 0.00167. The summed E-state index contributed by atoms with van der Waals surface area (Å²) in [4.78, 5) is 44.4. The summed E-state index contributed by atoms with van der Waals surface area (Å²) >= 11 is 0. The molecule has 2 aromatic rings. The van der Waals surface area contributed by atoms with Gasteiger partial charge in [-0.25, -0.2) is 4.99 Å². The van der Waals surface area contributed by atoms with Crippen molar-refractivity contribution in [2.75, 3.05) is 25.5 Å². The number of nitrogens with zero attached hydrogens (tertiary/aromatic N) is 3. The Labute approximate surface area is 325 Å². The van der Waals surface area contributed by atoms with Crippen LogP contribution in [0.3, 0.4) is 0 Å². The number of carbonyl (C=O) groups excluding carboxylic acids is 3. The van der Waals surface area contributed by atoms with Crippen LogP contribution in [0.25, 0.3) is 10.8 Å². The van der Waals surface area contributed by atoms with Gasteiger partial charge in [0.2, 0.25) is 5.96 Å². The smallest absolute Gasteiger partial charge is 0.312 e. The summed E-state index contributed by atoms with van der Waals surface area (Å²) in [6.07, 6.45) is 3.74. The number of phenolic OH excluding ortho intramolecular Hbond substituents is 2. The summed E-state index contributed by atoms with van der Waals surface area (Å²) in [5.41, 5.74) is 0.153. The van der Waals surface area contributed by atoms with Gasteiger partial charge in [0.25, 0.3) is 11.7 Å². The Kier molecular flexibility index (Phi) is 12.6. The number of allylic oxidation sites excluding steroid dienone is 2. The molecule has 16 heteroatoms. The fourth-order valence-electron chi connectivity index (χ4n) is 7.28. The third kappa shape index (κ3) is 8.13. The number of hydrogen-bond donors (Lipinski definition) is 6. The van der Waals surface area contributed by atoms with Crippen molar-refractivity contribution < 1.29 is 53.8 Å². The lowest BCUT2D eigenvalue weighted by molar-refractivity contribution is -0.160. The molecule has 6 rings (SSSR count). The van der Waals surface area contributed by atoms with Gasteiger partial charge in [0, 0.05) is 67.7 Å². The quantitative estimate of drug-likeness (QED) is 0.136. The van der Waals surface area contributed by atoms with E-state index in [0.717, 1.165) is 0 Å². The van der Waals surface area contributed by atoms with Gasteiger partial charge < -0.3 is 50.0 Å². The second-order valence-corrected chi connectivity index (χ2v) is 14.8. The summed E-state index contributed by atoms with van der Waals surface area (Å²) in [7, 11) is 1.45. The molecular weight excluding hydrogens is 726 g/mol. The molecule has 0 spiro atoms. The number of azo groups is 1. The number of carbonyl (C=O) groups is 3. The number of hydrogen-bond acceptors (Lipinski definition) is 15. The number of nitrogens with one attached hydrogen (secondary N) is 2. The molecule has 0 saturated heterocycles. The monoisotopic (exact) mass is 777 g/mol. The summed E-state index contributed by atoms with van der Waals surface area (Å²) in [5, 5.41) is 59.9. The van der Waals surface area contributed by atoms with Crippen LogP contribution in [0.15, 0.2) is 57.4 Å². The van der Waals surface area contributed by atoms with Crippen LogP contribution < -0.4 is 15.4 Å². The first-order chi connectivity index (χ1) is 26.4. The van der Waals surface area contributed by atoms with E-state index in [1.165, 1.54) is 52.4 Å². The number of benzene rings is 2. The second kappa shape index (κ2) is 16.8. The SMILES string of the molecule is COC1/C=C\OC2(C)Oc3c(C)c(O)c4c(O)c(cc(N=NC5=NCCN5)c4c3C2=O)NC(=O)/C(C)=C\C=C/C(C)C(O)C(C)C(O)C(C)C(OC(C)=O)C1C. The van der Waals surface area contributed by atoms with E-state index in [9.17, 15) is 34.8 Å². The Balaban J connectivity index is 1.69. The average Bonchev–Trinajstić information content (AvgIpc) is 3.78. The van der Waals surface area contributed by atoms with Crippen LogP contribution in [0, 0.1) is 30.6 Å². The molecular formula is C40H51N5O11. The highest BCUT2D eigenvalue weighted by molar-refractivity contribution is 6.22. The zero-order valence-electron chi connectivity index (χ0n) is 33.0. The number of rotatable bonds is 3. The van der Waals surface area contributed by atoms with Crippen LogP contribution in [-0.2, 0) is 23.8 Å². The second-order valence-electron chi connectivity index (χ2n) is 14.8. The van der Waals surface area contributed by atoms with Gasteiger partial charge in [-0.2, -0.15) is 0 Å². The van der Waals surface area contributed by atoms with Crippen molar-refractivity contribution in [2.45, 2.75) is 85.6 Å². The molecule has 56 heavy (non-hydrogen) atoms. The van der Waals surface area contributed by atoms with Crippen LogP contribution in [0.2, 0.25) is 0 Å². The predicted octanol–water partition coefficient (Wildman–Crippen LogP) is 5.09. The molecule has 4 heterocycles. The van der Waals surface area contributed by atoms with Gasteiger partial charge >= 0.3 is 11.8 Å². The first-order valence-electron chi connectivity index (χ1n) is 18.5. The van der Waals surface area contributed by atoms with E-state index in [2.05, 4.69) is 25.9 Å². The Morgan fingerprint density at radius 3 is 2.36 bits per heavy atom. The Morgan fingerprint density at radius 2 is 1.71 bits per heavy atom. The summed E-state index contributed by atoms with van der Waals surface area (Å²) in [6.45, 7) is 13.7. The zero-order valence-corrected chi connectivity index (χ0v) is 33.0. The molecule has 0 aromatic heterocycles. The standard InChI is InChI=1S/C40H51N5O11/c1-18-11-10-12-19(2)38(52)43-26-17-25(44-45-39-41-14-15-42-39)28-29(34(26)50)33(49)23(6)36-30(28)37(51)40(8,56-36)54-16-13-27(53-9)20(3)35(55-24(7)46)22(5)32(48)21(4)31(18)47/h10-13,16-18,20-22,27,31-32,35,47-50H,14-15H2,1-9H3,(H,41,42)(H,43,52)/b11-10-,16-13-,19-12-,45-44?. The number of ketones is 1. The van der Waals surface area contributed by atoms with Gasteiger partial charge in [0.15, 0.2) is 5.75 Å². The molecule has 9 atom stereocenters. The number of aliphatic imine (C=N–C) groups is 1. The lowest BCUT2D eigenvalue weighted by Crippen LogP contribution is -2.46. The van der Waals surface area contributed by atoms with Gasteiger partial charge in [-0.1, -0.05) is 45.9 Å². The Morgan fingerprint density at radius 1 is 1.00 bits per heavy atom. The Bertz CT molecular complexity index is 2040. The summed E-state index contributed by atoms with van der Waals surface area (Å²) in [5.74, 6) is -7.01. The van der Waals surface area contributed by atoms with Gasteiger partial charge in [-0.3, -0.25) is 14.4 Å². The lowest BCUT2D eigenvalue weighted by atomic mass is 9.78. The van der Waals surface area contributed by atoms with Crippen LogP contribution in [0.1, 0.15) is 64.4 Å². The third-order valence-electron chi connectivity index (χ3n) is 10.7. The number of guanidine groups is 1. The number of esters is 1. The van der Waals surface area contributed by atoms with Crippen molar-refractivity contribution >= 4 is 45.8 Å². The van der Waals surface area contributed by atoms with Crippen molar-refractivity contribution in [1.82, 2.24) is 5.32 Å². The maximum atomic E-state index is 14.4. The van der Waals surface area contributed by atoms with E-state index in [0.29, 0.717) is 13.1 Å². The molecule has 4 aliphatic rings. The zero-order chi connectivity index (χ0) is 41.2. The van der Waals surface area contributed by atoms with Gasteiger partial charge in [-0.15, -0.1) is 10.2 Å². The highest BCUT2D eigenvalue weighted by Gasteiger charge is 2.49. The van der Waals surface area contributed by atoms with Crippen molar-refractivity contribution in [1.29, 1.82) is 0 Å². The number of aliphatic hydroxyl groups excluding tert-OH is 2. The third-order valence-corrected chi connectivity index (χ3v) is 10.7. The molecule has 0 fully saturated rings. The number of fused-ring (bicyclic) bond motifs is 14. The fourth-order valence-corrected chi connectivity index (χ4v) is 7.28. The fraction of sp³-hybridized carbons (Fsp3) is 0.500. The number of aromatic hydroxyl groups is 2. The molecule has 302 valence electrons. The van der Waals surface area contributed by atoms with Crippen molar-refractivity contribution in [3.05, 3.63) is 53.3 Å². The normalized spacial score (nSPS) is 32.3. The molecule has 5 bridgehead atoms. The molecule has 9 unspecified atom stereocenters.